The molecule has 2 aromatic rings. The van der Waals surface area contributed by atoms with Gasteiger partial charge in [0.25, 0.3) is 0 Å². The molecule has 2 rings (SSSR count). The summed E-state index contributed by atoms with van der Waals surface area (Å²) in [5.41, 5.74) is 0. The van der Waals surface area contributed by atoms with E-state index in [2.05, 4.69) is 31.3 Å². The SMILES string of the molecule is CCNC(c1ccc(CC)o1)c1cc(OC)cs1. The minimum absolute atomic E-state index is 0.115. The molecule has 2 aromatic heterocycles. The fourth-order valence-corrected chi connectivity index (χ4v) is 2.81. The maximum Gasteiger partial charge on any atom is 0.129 e. The summed E-state index contributed by atoms with van der Waals surface area (Å²) in [4.78, 5) is 1.21. The topological polar surface area (TPSA) is 34.4 Å². The van der Waals surface area contributed by atoms with Crippen molar-refractivity contribution in [2.75, 3.05) is 13.7 Å². The van der Waals surface area contributed by atoms with Crippen molar-refractivity contribution in [3.63, 3.8) is 0 Å². The van der Waals surface area contributed by atoms with E-state index in [1.54, 1.807) is 18.4 Å². The molecular formula is C14H19NO2S. The summed E-state index contributed by atoms with van der Waals surface area (Å²) in [5.74, 6) is 2.90. The minimum Gasteiger partial charge on any atom is -0.496 e. The van der Waals surface area contributed by atoms with Crippen molar-refractivity contribution < 1.29 is 9.15 Å². The lowest BCUT2D eigenvalue weighted by Gasteiger charge is -2.13. The molecule has 1 atom stereocenters. The zero-order valence-electron chi connectivity index (χ0n) is 11.0. The lowest BCUT2D eigenvalue weighted by molar-refractivity contribution is 0.413. The number of aryl methyl sites for hydroxylation is 1. The highest BCUT2D eigenvalue weighted by Gasteiger charge is 2.19. The zero-order valence-corrected chi connectivity index (χ0v) is 11.8. The maximum absolute atomic E-state index is 5.85. The van der Waals surface area contributed by atoms with E-state index in [1.165, 1.54) is 4.88 Å². The molecule has 0 aliphatic heterocycles. The molecule has 98 valence electrons. The normalized spacial score (nSPS) is 12.6. The van der Waals surface area contributed by atoms with Crippen LogP contribution in [-0.4, -0.2) is 13.7 Å². The second-order valence-corrected chi connectivity index (χ2v) is 4.98. The van der Waals surface area contributed by atoms with Crippen LogP contribution in [0.5, 0.6) is 5.75 Å². The van der Waals surface area contributed by atoms with Crippen molar-refractivity contribution in [2.24, 2.45) is 0 Å². The van der Waals surface area contributed by atoms with Crippen molar-refractivity contribution >= 4 is 11.3 Å². The summed E-state index contributed by atoms with van der Waals surface area (Å²) in [6.07, 6.45) is 0.923. The van der Waals surface area contributed by atoms with Gasteiger partial charge in [0, 0.05) is 16.7 Å². The Morgan fingerprint density at radius 3 is 2.78 bits per heavy atom. The van der Waals surface area contributed by atoms with Crippen LogP contribution in [0.4, 0.5) is 0 Å². The number of hydrogen-bond donors (Lipinski definition) is 1. The van der Waals surface area contributed by atoms with Crippen molar-refractivity contribution in [1.29, 1.82) is 0 Å². The molecule has 0 radical (unpaired) electrons. The molecule has 0 aromatic carbocycles. The average Bonchev–Trinajstić information content (AvgIpc) is 3.04. The Kier molecular flexibility index (Phi) is 4.44. The van der Waals surface area contributed by atoms with E-state index in [4.69, 9.17) is 9.15 Å². The third-order valence-electron chi connectivity index (χ3n) is 2.84. The standard InChI is InChI=1S/C14H19NO2S/c1-4-10-6-7-12(17-10)14(15-5-2)13-8-11(16-3)9-18-13/h6-9,14-15H,4-5H2,1-3H3. The van der Waals surface area contributed by atoms with Crippen LogP contribution in [0.3, 0.4) is 0 Å². The Morgan fingerprint density at radius 1 is 1.39 bits per heavy atom. The van der Waals surface area contributed by atoms with Gasteiger partial charge in [-0.3, -0.25) is 0 Å². The molecule has 3 nitrogen and oxygen atoms in total. The summed E-state index contributed by atoms with van der Waals surface area (Å²) < 4.78 is 11.1. The van der Waals surface area contributed by atoms with E-state index in [0.717, 1.165) is 30.2 Å². The third kappa shape index (κ3) is 2.76. The Hall–Kier alpha value is -1.26. The Balaban J connectivity index is 2.26. The van der Waals surface area contributed by atoms with Crippen LogP contribution in [-0.2, 0) is 6.42 Å². The van der Waals surface area contributed by atoms with E-state index < -0.39 is 0 Å². The predicted molar refractivity (Wildman–Crippen MR) is 74.5 cm³/mol. The van der Waals surface area contributed by atoms with Gasteiger partial charge in [0.2, 0.25) is 0 Å². The number of furan rings is 1. The molecule has 0 saturated carbocycles. The fraction of sp³-hybridized carbons (Fsp3) is 0.429. The van der Waals surface area contributed by atoms with E-state index in [1.807, 2.05) is 11.4 Å². The zero-order chi connectivity index (χ0) is 13.0. The first-order chi connectivity index (χ1) is 8.78. The van der Waals surface area contributed by atoms with Gasteiger partial charge in [0.15, 0.2) is 0 Å². The summed E-state index contributed by atoms with van der Waals surface area (Å²) in [6.45, 7) is 5.09. The van der Waals surface area contributed by atoms with Gasteiger partial charge in [-0.05, 0) is 24.7 Å². The Bertz CT molecular complexity index is 447. The largest absolute Gasteiger partial charge is 0.496 e. The summed E-state index contributed by atoms with van der Waals surface area (Å²) in [5, 5.41) is 5.47. The highest BCUT2D eigenvalue weighted by atomic mass is 32.1. The van der Waals surface area contributed by atoms with E-state index in [-0.39, 0.29) is 6.04 Å². The maximum atomic E-state index is 5.85. The summed E-state index contributed by atoms with van der Waals surface area (Å²) >= 11 is 1.69. The summed E-state index contributed by atoms with van der Waals surface area (Å²) in [7, 11) is 1.69. The van der Waals surface area contributed by atoms with E-state index in [0.29, 0.717) is 0 Å². The molecule has 0 spiro atoms. The molecule has 0 amide bonds. The minimum atomic E-state index is 0.115. The van der Waals surface area contributed by atoms with Crippen LogP contribution in [0.1, 0.15) is 36.3 Å². The second-order valence-electron chi connectivity index (χ2n) is 4.04. The molecule has 18 heavy (non-hydrogen) atoms. The molecule has 0 aliphatic carbocycles. The van der Waals surface area contributed by atoms with Crippen LogP contribution < -0.4 is 10.1 Å². The van der Waals surface area contributed by atoms with Crippen LogP contribution in [0, 0.1) is 0 Å². The van der Waals surface area contributed by atoms with Gasteiger partial charge in [0.1, 0.15) is 23.3 Å². The molecule has 2 heterocycles. The van der Waals surface area contributed by atoms with Crippen molar-refractivity contribution in [3.8, 4) is 5.75 Å². The monoisotopic (exact) mass is 265 g/mol. The smallest absolute Gasteiger partial charge is 0.129 e. The molecule has 0 fully saturated rings. The van der Waals surface area contributed by atoms with Gasteiger partial charge in [-0.2, -0.15) is 0 Å². The average molecular weight is 265 g/mol. The Morgan fingerprint density at radius 2 is 2.22 bits per heavy atom. The quantitative estimate of drug-likeness (QED) is 0.866. The van der Waals surface area contributed by atoms with Crippen LogP contribution in [0.15, 0.2) is 28.0 Å². The Labute approximate surface area is 112 Å². The van der Waals surface area contributed by atoms with Gasteiger partial charge < -0.3 is 14.5 Å². The van der Waals surface area contributed by atoms with E-state index >= 15 is 0 Å². The van der Waals surface area contributed by atoms with Crippen LogP contribution in [0.2, 0.25) is 0 Å². The van der Waals surface area contributed by atoms with Gasteiger partial charge in [-0.1, -0.05) is 13.8 Å². The number of methoxy groups -OCH3 is 1. The lowest BCUT2D eigenvalue weighted by atomic mass is 10.2. The molecule has 4 heteroatoms. The highest BCUT2D eigenvalue weighted by Crippen LogP contribution is 2.31. The third-order valence-corrected chi connectivity index (χ3v) is 3.82. The van der Waals surface area contributed by atoms with Gasteiger partial charge in [-0.15, -0.1) is 11.3 Å². The first-order valence-electron chi connectivity index (χ1n) is 6.22. The second kappa shape index (κ2) is 6.07. The number of thiophene rings is 1. The fourth-order valence-electron chi connectivity index (χ4n) is 1.88. The van der Waals surface area contributed by atoms with Crippen LogP contribution >= 0.6 is 11.3 Å². The van der Waals surface area contributed by atoms with Crippen molar-refractivity contribution in [2.45, 2.75) is 26.3 Å². The highest BCUT2D eigenvalue weighted by molar-refractivity contribution is 7.10. The van der Waals surface area contributed by atoms with Crippen molar-refractivity contribution in [3.05, 3.63) is 40.0 Å². The molecule has 0 bridgehead atoms. The number of ether oxygens (including phenoxy) is 1. The first kappa shape index (κ1) is 13.2. The van der Waals surface area contributed by atoms with Gasteiger partial charge >= 0.3 is 0 Å². The van der Waals surface area contributed by atoms with Gasteiger partial charge in [-0.25, -0.2) is 0 Å². The summed E-state index contributed by atoms with van der Waals surface area (Å²) in [6, 6.07) is 6.28. The first-order valence-corrected chi connectivity index (χ1v) is 7.10. The van der Waals surface area contributed by atoms with Crippen molar-refractivity contribution in [1.82, 2.24) is 5.32 Å². The van der Waals surface area contributed by atoms with E-state index in [9.17, 15) is 0 Å². The molecule has 1 unspecified atom stereocenters. The number of nitrogens with one attached hydrogen (secondary N) is 1. The lowest BCUT2D eigenvalue weighted by Crippen LogP contribution is -2.20. The van der Waals surface area contributed by atoms with Crippen LogP contribution in [0.25, 0.3) is 0 Å². The molecule has 1 N–H and O–H groups in total. The number of hydrogen-bond acceptors (Lipinski definition) is 4. The molecule has 0 aliphatic rings. The molecular weight excluding hydrogens is 246 g/mol. The number of rotatable bonds is 6. The van der Waals surface area contributed by atoms with Gasteiger partial charge in [0.05, 0.1) is 7.11 Å². The molecule has 0 saturated heterocycles. The predicted octanol–water partition coefficient (Wildman–Crippen LogP) is 3.61.